The van der Waals surface area contributed by atoms with E-state index in [0.29, 0.717) is 28.9 Å². The van der Waals surface area contributed by atoms with Gasteiger partial charge < -0.3 is 15.2 Å². The van der Waals surface area contributed by atoms with Gasteiger partial charge in [0.15, 0.2) is 0 Å². The lowest BCUT2D eigenvalue weighted by molar-refractivity contribution is -0.129. The summed E-state index contributed by atoms with van der Waals surface area (Å²) in [5.74, 6) is 0.105. The highest BCUT2D eigenvalue weighted by Gasteiger charge is 2.15. The summed E-state index contributed by atoms with van der Waals surface area (Å²) in [6, 6.07) is 14.2. The molecule has 0 aliphatic carbocycles. The molecule has 152 valence electrons. The van der Waals surface area contributed by atoms with Crippen LogP contribution >= 0.6 is 11.3 Å². The molecule has 1 atom stereocenters. The third-order valence-corrected chi connectivity index (χ3v) is 5.36. The fourth-order valence-corrected chi connectivity index (χ4v) is 3.82. The van der Waals surface area contributed by atoms with Crippen LogP contribution in [0.3, 0.4) is 0 Å². The van der Waals surface area contributed by atoms with Gasteiger partial charge in [-0.15, -0.1) is 0 Å². The summed E-state index contributed by atoms with van der Waals surface area (Å²) in [5.41, 5.74) is 5.92. The van der Waals surface area contributed by atoms with E-state index in [9.17, 15) is 14.4 Å². The highest BCUT2D eigenvalue weighted by atomic mass is 32.1. The molecular weight excluding hydrogens is 392 g/mol. The monoisotopic (exact) mass is 414 g/mol. The van der Waals surface area contributed by atoms with Crippen molar-refractivity contribution in [1.82, 2.24) is 4.57 Å². The zero-order valence-electron chi connectivity index (χ0n) is 16.0. The van der Waals surface area contributed by atoms with Gasteiger partial charge >= 0.3 is 4.87 Å². The molecule has 1 aromatic heterocycles. The number of rotatable bonds is 9. The van der Waals surface area contributed by atoms with Gasteiger partial charge in [0.05, 0.1) is 11.9 Å². The number of carbonyl (C=O) groups excluding carboxylic acids is 1. The predicted octanol–water partition coefficient (Wildman–Crippen LogP) is 1.94. The standard InChI is InChI=1S/C21H22N2O5S/c1-2-27-17(19(22)24)13-14-7-9-15(10-8-14)28-12-11-23-20(25)16-5-3-4-6-18(16)29-21(23)26/h3-10,17H,2,11-13H2,1H3,(H2,22,24). The number of nitrogens with two attached hydrogens (primary N) is 1. The van der Waals surface area contributed by atoms with Crippen molar-refractivity contribution < 1.29 is 14.3 Å². The number of nitrogens with zero attached hydrogens (tertiary/aromatic N) is 1. The number of carbonyl (C=O) groups is 1. The van der Waals surface area contributed by atoms with Gasteiger partial charge in [0.2, 0.25) is 5.91 Å². The van der Waals surface area contributed by atoms with E-state index in [1.807, 2.05) is 19.1 Å². The Morgan fingerprint density at radius 2 is 1.86 bits per heavy atom. The summed E-state index contributed by atoms with van der Waals surface area (Å²) >= 11 is 1.04. The quantitative estimate of drug-likeness (QED) is 0.577. The van der Waals surface area contributed by atoms with Crippen molar-refractivity contribution in [3.05, 3.63) is 74.1 Å². The lowest BCUT2D eigenvalue weighted by atomic mass is 10.1. The number of amides is 1. The maximum atomic E-state index is 12.5. The zero-order chi connectivity index (χ0) is 20.8. The molecule has 0 aliphatic heterocycles. The summed E-state index contributed by atoms with van der Waals surface area (Å²) in [5, 5.41) is 0.528. The van der Waals surface area contributed by atoms with E-state index in [1.165, 1.54) is 4.57 Å². The molecule has 3 aromatic rings. The van der Waals surface area contributed by atoms with Crippen LogP contribution in [0.1, 0.15) is 12.5 Å². The molecule has 1 unspecified atom stereocenters. The van der Waals surface area contributed by atoms with Crippen LogP contribution in [0.15, 0.2) is 58.1 Å². The van der Waals surface area contributed by atoms with Gasteiger partial charge in [-0.1, -0.05) is 35.6 Å². The molecule has 29 heavy (non-hydrogen) atoms. The average molecular weight is 414 g/mol. The van der Waals surface area contributed by atoms with Gasteiger partial charge in [-0.25, -0.2) is 0 Å². The maximum absolute atomic E-state index is 12.5. The van der Waals surface area contributed by atoms with E-state index in [2.05, 4.69) is 0 Å². The first-order valence-corrected chi connectivity index (χ1v) is 10.1. The van der Waals surface area contributed by atoms with Crippen molar-refractivity contribution in [2.45, 2.75) is 26.0 Å². The Morgan fingerprint density at radius 1 is 1.14 bits per heavy atom. The Labute approximate surface area is 171 Å². The lowest BCUT2D eigenvalue weighted by Crippen LogP contribution is -2.33. The van der Waals surface area contributed by atoms with E-state index in [0.717, 1.165) is 16.9 Å². The van der Waals surface area contributed by atoms with Gasteiger partial charge in [-0.3, -0.25) is 19.0 Å². The van der Waals surface area contributed by atoms with Crippen LogP contribution < -0.4 is 20.9 Å². The minimum Gasteiger partial charge on any atom is -0.492 e. The molecule has 0 spiro atoms. The highest BCUT2D eigenvalue weighted by Crippen LogP contribution is 2.15. The van der Waals surface area contributed by atoms with Crippen molar-refractivity contribution in [2.24, 2.45) is 5.73 Å². The van der Waals surface area contributed by atoms with E-state index in [1.54, 1.807) is 36.4 Å². The van der Waals surface area contributed by atoms with Gasteiger partial charge in [-0.05, 0) is 36.8 Å². The first-order valence-electron chi connectivity index (χ1n) is 9.25. The van der Waals surface area contributed by atoms with E-state index < -0.39 is 12.0 Å². The second kappa shape index (κ2) is 9.49. The molecule has 0 fully saturated rings. The molecule has 0 saturated heterocycles. The minimum absolute atomic E-state index is 0.162. The van der Waals surface area contributed by atoms with Crippen molar-refractivity contribution in [3.63, 3.8) is 0 Å². The number of hydrogen-bond donors (Lipinski definition) is 1. The van der Waals surface area contributed by atoms with Crippen LogP contribution in [0.5, 0.6) is 5.75 Å². The Balaban J connectivity index is 1.63. The molecule has 0 bridgehead atoms. The second-order valence-corrected chi connectivity index (χ2v) is 7.36. The third kappa shape index (κ3) is 5.10. The fourth-order valence-electron chi connectivity index (χ4n) is 2.94. The first-order chi connectivity index (χ1) is 14.0. The first kappa shape index (κ1) is 20.8. The molecular formula is C21H22N2O5S. The van der Waals surface area contributed by atoms with Crippen LogP contribution in [0.25, 0.3) is 10.1 Å². The fraction of sp³-hybridized carbons (Fsp3) is 0.286. The molecule has 2 aromatic carbocycles. The number of aromatic nitrogens is 1. The summed E-state index contributed by atoms with van der Waals surface area (Å²) in [4.78, 5) is 35.8. The molecule has 2 N–H and O–H groups in total. The average Bonchev–Trinajstić information content (AvgIpc) is 2.71. The SMILES string of the molecule is CCOC(Cc1ccc(OCCn2c(=O)sc3ccccc3c2=O)cc1)C(N)=O. The van der Waals surface area contributed by atoms with Crippen molar-refractivity contribution in [1.29, 1.82) is 0 Å². The Hall–Kier alpha value is -2.97. The maximum Gasteiger partial charge on any atom is 0.310 e. The van der Waals surface area contributed by atoms with Gasteiger partial charge in [0.25, 0.3) is 5.56 Å². The Morgan fingerprint density at radius 3 is 2.55 bits per heavy atom. The van der Waals surface area contributed by atoms with E-state index >= 15 is 0 Å². The Kier molecular flexibility index (Phi) is 6.79. The van der Waals surface area contributed by atoms with Crippen molar-refractivity contribution >= 4 is 27.3 Å². The molecule has 3 rings (SSSR count). The Bertz CT molecular complexity index is 1100. The number of hydrogen-bond acceptors (Lipinski definition) is 6. The smallest absolute Gasteiger partial charge is 0.310 e. The number of primary amides is 1. The molecule has 0 aliphatic rings. The topological polar surface area (TPSA) is 101 Å². The van der Waals surface area contributed by atoms with Crippen LogP contribution in [-0.2, 0) is 22.5 Å². The molecule has 8 heteroatoms. The highest BCUT2D eigenvalue weighted by molar-refractivity contribution is 7.16. The van der Waals surface area contributed by atoms with Crippen LogP contribution in [0.2, 0.25) is 0 Å². The number of benzene rings is 2. The van der Waals surface area contributed by atoms with Gasteiger partial charge in [0, 0.05) is 17.7 Å². The second-order valence-electron chi connectivity index (χ2n) is 6.36. The summed E-state index contributed by atoms with van der Waals surface area (Å²) in [7, 11) is 0. The van der Waals surface area contributed by atoms with Crippen molar-refractivity contribution in [3.8, 4) is 5.75 Å². The summed E-state index contributed by atoms with van der Waals surface area (Å²) in [6.07, 6.45) is -0.278. The number of ether oxygens (including phenoxy) is 2. The summed E-state index contributed by atoms with van der Waals surface area (Å²) in [6.45, 7) is 2.56. The largest absolute Gasteiger partial charge is 0.492 e. The zero-order valence-corrected chi connectivity index (χ0v) is 16.8. The number of fused-ring (bicyclic) bond motifs is 1. The molecule has 1 amide bonds. The molecule has 0 radical (unpaired) electrons. The van der Waals surface area contributed by atoms with Crippen LogP contribution in [0, 0.1) is 0 Å². The molecule has 7 nitrogen and oxygen atoms in total. The summed E-state index contributed by atoms with van der Waals surface area (Å²) < 4.78 is 12.9. The predicted molar refractivity (Wildman–Crippen MR) is 113 cm³/mol. The van der Waals surface area contributed by atoms with Crippen LogP contribution in [0.4, 0.5) is 0 Å². The molecule has 0 saturated carbocycles. The third-order valence-electron chi connectivity index (χ3n) is 4.39. The van der Waals surface area contributed by atoms with Gasteiger partial charge in [-0.2, -0.15) is 0 Å². The molecule has 1 heterocycles. The van der Waals surface area contributed by atoms with E-state index in [4.69, 9.17) is 15.2 Å². The lowest BCUT2D eigenvalue weighted by Gasteiger charge is -2.14. The van der Waals surface area contributed by atoms with Gasteiger partial charge in [0.1, 0.15) is 18.5 Å². The minimum atomic E-state index is -0.664. The van der Waals surface area contributed by atoms with E-state index in [-0.39, 0.29) is 23.6 Å². The van der Waals surface area contributed by atoms with Crippen LogP contribution in [-0.4, -0.2) is 29.8 Å². The normalized spacial score (nSPS) is 12.0. The van der Waals surface area contributed by atoms with Crippen molar-refractivity contribution in [2.75, 3.05) is 13.2 Å².